The van der Waals surface area contributed by atoms with Crippen LogP contribution in [0, 0.1) is 0 Å². The summed E-state index contributed by atoms with van der Waals surface area (Å²) in [5.41, 5.74) is 11.4. The molecular weight excluding hydrogens is 534 g/mol. The van der Waals surface area contributed by atoms with Crippen molar-refractivity contribution in [1.29, 1.82) is 0 Å². The van der Waals surface area contributed by atoms with Crippen LogP contribution in [0.3, 0.4) is 0 Å². The van der Waals surface area contributed by atoms with Crippen molar-refractivity contribution in [1.82, 2.24) is 15.7 Å². The number of fused-ring (bicyclic) bond motifs is 2. The van der Waals surface area contributed by atoms with Gasteiger partial charge >= 0.3 is 5.97 Å². The molecule has 0 unspecified atom stereocenters. The lowest BCUT2D eigenvalue weighted by Gasteiger charge is -2.24. The number of pyridine rings is 1. The Morgan fingerprint density at radius 2 is 1.56 bits per heavy atom. The van der Waals surface area contributed by atoms with Gasteiger partial charge in [0.1, 0.15) is 0 Å². The van der Waals surface area contributed by atoms with E-state index in [4.69, 9.17) is 28.9 Å². The Hall–Kier alpha value is -4.47. The molecule has 8 nitrogen and oxygen atoms in total. The Kier molecular flexibility index (Phi) is 7.72. The van der Waals surface area contributed by atoms with E-state index in [1.165, 1.54) is 46.6 Å². The summed E-state index contributed by atoms with van der Waals surface area (Å²) in [7, 11) is 0. The van der Waals surface area contributed by atoms with Crippen LogP contribution in [0.5, 0.6) is 0 Å². The van der Waals surface area contributed by atoms with Gasteiger partial charge in [-0.05, 0) is 71.6 Å². The highest BCUT2D eigenvalue weighted by Gasteiger charge is 2.24. The Morgan fingerprint density at radius 3 is 2.21 bits per heavy atom. The smallest absolute Gasteiger partial charge is 0.335 e. The number of hydrazine groups is 1. The lowest BCUT2D eigenvalue weighted by molar-refractivity contribution is 0.0696. The fraction of sp³-hybridized carbons (Fsp3) is 0.103. The quantitative estimate of drug-likeness (QED) is 0.159. The van der Waals surface area contributed by atoms with Gasteiger partial charge in [-0.3, -0.25) is 15.6 Å². The second kappa shape index (κ2) is 11.5. The number of aryl methyl sites for hydroxylation is 2. The number of carboxylic acid groups (broad SMARTS) is 1. The van der Waals surface area contributed by atoms with Crippen molar-refractivity contribution < 1.29 is 14.7 Å². The Balaban J connectivity index is 1.25. The standard InChI is InChI=1S/C29H24ClN5O3S/c30-24-15-20(27(36)32-21-9-5-8-19(14-21)28(37)38)16-31-26(24)34-35-29(39)33-25-22-10-3-1-6-17(22)12-13-18-7-2-4-11-23(18)25/h1-11,14-16,25H,12-13H2,(H,31,34)(H,32,36)(H,37,38)(H2,33,35,39). The number of carboxylic acids is 1. The molecule has 1 aliphatic rings. The highest BCUT2D eigenvalue weighted by atomic mass is 35.5. The average molecular weight is 558 g/mol. The fourth-order valence-corrected chi connectivity index (χ4v) is 4.93. The van der Waals surface area contributed by atoms with Crippen molar-refractivity contribution in [3.05, 3.63) is 123 Å². The number of carbonyl (C=O) groups excluding carboxylic acids is 1. The molecule has 0 atom stereocenters. The third-order valence-corrected chi connectivity index (χ3v) is 6.94. The van der Waals surface area contributed by atoms with E-state index < -0.39 is 11.9 Å². The molecular formula is C29H24ClN5O3S. The number of carbonyl (C=O) groups is 2. The van der Waals surface area contributed by atoms with Crippen molar-refractivity contribution in [3.63, 3.8) is 0 Å². The van der Waals surface area contributed by atoms with Crippen molar-refractivity contribution in [2.75, 3.05) is 10.7 Å². The summed E-state index contributed by atoms with van der Waals surface area (Å²) in [6, 6.07) is 24.0. The number of aromatic carboxylic acids is 1. The van der Waals surface area contributed by atoms with E-state index in [1.54, 1.807) is 12.1 Å². The number of benzene rings is 3. The largest absolute Gasteiger partial charge is 0.478 e. The molecule has 3 aromatic carbocycles. The number of nitrogens with zero attached hydrogens (tertiary/aromatic N) is 1. The fourth-order valence-electron chi connectivity index (χ4n) is 4.55. The second-order valence-corrected chi connectivity index (χ2v) is 9.76. The van der Waals surface area contributed by atoms with Crippen LogP contribution >= 0.6 is 23.8 Å². The summed E-state index contributed by atoms with van der Waals surface area (Å²) >= 11 is 12.0. The van der Waals surface area contributed by atoms with Gasteiger partial charge in [0.15, 0.2) is 10.9 Å². The van der Waals surface area contributed by atoms with Gasteiger partial charge in [0.05, 0.1) is 22.2 Å². The zero-order chi connectivity index (χ0) is 27.4. The van der Waals surface area contributed by atoms with Crippen LogP contribution in [-0.4, -0.2) is 27.1 Å². The van der Waals surface area contributed by atoms with Crippen LogP contribution in [0.4, 0.5) is 11.5 Å². The number of rotatable bonds is 6. The molecule has 5 N–H and O–H groups in total. The SMILES string of the molecule is O=C(O)c1cccc(NC(=O)c2cnc(NNC(=S)NC3c4ccccc4CCc4ccccc43)c(Cl)c2)c1. The van der Waals surface area contributed by atoms with Crippen LogP contribution in [0.25, 0.3) is 0 Å². The minimum absolute atomic E-state index is 0.0648. The topological polar surface area (TPSA) is 115 Å². The van der Waals surface area contributed by atoms with Crippen LogP contribution in [0.1, 0.15) is 49.0 Å². The molecule has 1 heterocycles. The minimum Gasteiger partial charge on any atom is -0.478 e. The van der Waals surface area contributed by atoms with Crippen LogP contribution < -0.4 is 21.5 Å². The number of anilines is 2. The lowest BCUT2D eigenvalue weighted by Crippen LogP contribution is -2.41. The monoisotopic (exact) mass is 557 g/mol. The Labute approximate surface area is 235 Å². The maximum atomic E-state index is 12.7. The van der Waals surface area contributed by atoms with Gasteiger partial charge in [-0.15, -0.1) is 0 Å². The summed E-state index contributed by atoms with van der Waals surface area (Å²) in [6.45, 7) is 0. The van der Waals surface area contributed by atoms with Crippen LogP contribution in [0.2, 0.25) is 5.02 Å². The van der Waals surface area contributed by atoms with Gasteiger partial charge in [0.2, 0.25) is 0 Å². The summed E-state index contributed by atoms with van der Waals surface area (Å²) in [5, 5.41) is 15.8. The molecule has 4 aromatic rings. The first-order chi connectivity index (χ1) is 18.9. The molecule has 0 saturated heterocycles. The maximum Gasteiger partial charge on any atom is 0.335 e. The van der Waals surface area contributed by atoms with E-state index in [1.807, 2.05) is 12.1 Å². The van der Waals surface area contributed by atoms with E-state index in [0.717, 1.165) is 12.8 Å². The first-order valence-corrected chi connectivity index (χ1v) is 13.0. The van der Waals surface area contributed by atoms with E-state index in [9.17, 15) is 9.59 Å². The number of aromatic nitrogens is 1. The summed E-state index contributed by atoms with van der Waals surface area (Å²) in [6.07, 6.45) is 3.27. The number of hydrogen-bond acceptors (Lipinski definition) is 5. The predicted octanol–water partition coefficient (Wildman–Crippen LogP) is 5.36. The highest BCUT2D eigenvalue weighted by Crippen LogP contribution is 2.32. The molecule has 0 bridgehead atoms. The van der Waals surface area contributed by atoms with E-state index in [2.05, 4.69) is 62.9 Å². The third-order valence-electron chi connectivity index (χ3n) is 6.44. The van der Waals surface area contributed by atoms with Crippen molar-refractivity contribution in [2.24, 2.45) is 0 Å². The van der Waals surface area contributed by atoms with E-state index >= 15 is 0 Å². The van der Waals surface area contributed by atoms with Gasteiger partial charge in [-0.1, -0.05) is 66.2 Å². The molecule has 0 radical (unpaired) electrons. The number of nitrogens with one attached hydrogen (secondary N) is 4. The Morgan fingerprint density at radius 1 is 0.897 bits per heavy atom. The molecule has 0 fully saturated rings. The molecule has 0 spiro atoms. The first-order valence-electron chi connectivity index (χ1n) is 12.2. The Bertz CT molecular complexity index is 1530. The molecule has 1 amide bonds. The van der Waals surface area contributed by atoms with Crippen molar-refractivity contribution in [2.45, 2.75) is 18.9 Å². The highest BCUT2D eigenvalue weighted by molar-refractivity contribution is 7.80. The van der Waals surface area contributed by atoms with Gasteiger partial charge in [-0.2, -0.15) is 0 Å². The van der Waals surface area contributed by atoms with Crippen molar-refractivity contribution >= 4 is 52.3 Å². The molecule has 196 valence electrons. The number of halogens is 1. The van der Waals surface area contributed by atoms with Crippen LogP contribution in [-0.2, 0) is 12.8 Å². The van der Waals surface area contributed by atoms with Crippen LogP contribution in [0.15, 0.2) is 85.1 Å². The van der Waals surface area contributed by atoms with Gasteiger partial charge < -0.3 is 15.7 Å². The van der Waals surface area contributed by atoms with E-state index in [0.29, 0.717) is 10.8 Å². The summed E-state index contributed by atoms with van der Waals surface area (Å²) < 4.78 is 0. The molecule has 5 rings (SSSR count). The average Bonchev–Trinajstić information content (AvgIpc) is 3.09. The summed E-state index contributed by atoms with van der Waals surface area (Å²) in [4.78, 5) is 28.1. The molecule has 0 saturated carbocycles. The van der Waals surface area contributed by atoms with Gasteiger partial charge in [0, 0.05) is 11.9 Å². The number of thiocarbonyl (C=S) groups is 1. The van der Waals surface area contributed by atoms with Crippen molar-refractivity contribution in [3.8, 4) is 0 Å². The lowest BCUT2D eigenvalue weighted by atomic mass is 9.95. The molecule has 10 heteroatoms. The predicted molar refractivity (Wildman–Crippen MR) is 155 cm³/mol. The molecule has 1 aliphatic carbocycles. The zero-order valence-electron chi connectivity index (χ0n) is 20.6. The minimum atomic E-state index is -1.08. The number of hydrogen-bond donors (Lipinski definition) is 5. The third kappa shape index (κ3) is 6.00. The molecule has 0 aliphatic heterocycles. The molecule has 39 heavy (non-hydrogen) atoms. The zero-order valence-corrected chi connectivity index (χ0v) is 22.1. The van der Waals surface area contributed by atoms with Gasteiger partial charge in [0.25, 0.3) is 5.91 Å². The molecule has 1 aromatic heterocycles. The second-order valence-electron chi connectivity index (χ2n) is 8.95. The first kappa shape index (κ1) is 26.1. The maximum absolute atomic E-state index is 12.7. The van der Waals surface area contributed by atoms with E-state index in [-0.39, 0.29) is 28.0 Å². The number of amides is 1. The summed E-state index contributed by atoms with van der Waals surface area (Å²) in [5.74, 6) is -1.28. The normalized spacial score (nSPS) is 12.3. The van der Waals surface area contributed by atoms with Gasteiger partial charge in [-0.25, -0.2) is 9.78 Å².